The Hall–Kier alpha value is -0.415. The highest BCUT2D eigenvalue weighted by atomic mass is 16.3. The first-order valence-electron chi connectivity index (χ1n) is 2.41. The lowest BCUT2D eigenvalue weighted by molar-refractivity contribution is 0.228. The lowest BCUT2D eigenvalue weighted by Crippen LogP contribution is -1.98. The Bertz CT molecular complexity index is 90.0. The molecule has 38 valence electrons. The summed E-state index contributed by atoms with van der Waals surface area (Å²) < 4.78 is 0. The molecule has 2 heteroatoms. The van der Waals surface area contributed by atoms with Gasteiger partial charge >= 0.3 is 0 Å². The lowest BCUT2D eigenvalue weighted by Gasteiger charge is -1.91. The highest BCUT2D eigenvalue weighted by Crippen LogP contribution is 1.83. The first-order chi connectivity index (χ1) is 3.31. The number of aliphatic hydroxyl groups excluding tert-OH is 1. The molecule has 1 nitrogen and oxygen atoms in total. The van der Waals surface area contributed by atoms with Gasteiger partial charge in [0.25, 0.3) is 0 Å². The molecule has 0 aromatic heterocycles. The van der Waals surface area contributed by atoms with Gasteiger partial charge < -0.3 is 5.11 Å². The normalized spacial score (nSPS) is 11.7. The van der Waals surface area contributed by atoms with Crippen molar-refractivity contribution in [1.29, 1.82) is 0 Å². The minimum atomic E-state index is -0.412. The van der Waals surface area contributed by atoms with E-state index in [9.17, 15) is 0 Å². The topological polar surface area (TPSA) is 20.2 Å². The minimum absolute atomic E-state index is 0.412. The second-order valence-corrected chi connectivity index (χ2v) is 1.32. The number of hydrogen-bond acceptors (Lipinski definition) is 1. The van der Waals surface area contributed by atoms with E-state index in [0.29, 0.717) is 0 Å². The van der Waals surface area contributed by atoms with Crippen molar-refractivity contribution in [1.82, 2.24) is 0 Å². The zero-order valence-electron chi connectivity index (χ0n) is 4.73. The van der Waals surface area contributed by atoms with Gasteiger partial charge in [-0.25, -0.2) is 0 Å². The Labute approximate surface area is 45.1 Å². The van der Waals surface area contributed by atoms with Crippen LogP contribution >= 0.6 is 0 Å². The maximum absolute atomic E-state index is 8.68. The SMILES string of the molecule is BC#C[C@@H](O)CC. The number of aliphatic hydroxyl groups is 1. The Balaban J connectivity index is 3.29. The van der Waals surface area contributed by atoms with E-state index in [2.05, 4.69) is 11.7 Å². The molecule has 0 saturated carbocycles. The fourth-order valence-corrected chi connectivity index (χ4v) is 0.269. The van der Waals surface area contributed by atoms with Crippen LogP contribution in [0, 0.1) is 11.7 Å². The van der Waals surface area contributed by atoms with Gasteiger partial charge in [0.1, 0.15) is 6.10 Å². The molecular formula is C5H9BO. The van der Waals surface area contributed by atoms with Crippen LogP contribution in [0.25, 0.3) is 0 Å². The molecule has 0 radical (unpaired) electrons. The first-order valence-corrected chi connectivity index (χ1v) is 2.41. The number of rotatable bonds is 1. The van der Waals surface area contributed by atoms with E-state index in [1.807, 2.05) is 6.92 Å². The van der Waals surface area contributed by atoms with Gasteiger partial charge in [0, 0.05) is 0 Å². The van der Waals surface area contributed by atoms with E-state index in [1.165, 1.54) is 0 Å². The van der Waals surface area contributed by atoms with Crippen molar-refractivity contribution < 1.29 is 5.11 Å². The van der Waals surface area contributed by atoms with Crippen molar-refractivity contribution >= 4 is 7.85 Å². The summed E-state index contributed by atoms with van der Waals surface area (Å²) in [4.78, 5) is 0. The quantitative estimate of drug-likeness (QED) is 0.339. The molecule has 0 fully saturated rings. The molecule has 0 bridgehead atoms. The highest BCUT2D eigenvalue weighted by Gasteiger charge is 1.87. The van der Waals surface area contributed by atoms with Crippen LogP contribution in [0.15, 0.2) is 0 Å². The molecule has 1 atom stereocenters. The molecule has 0 aliphatic carbocycles. The van der Waals surface area contributed by atoms with Crippen LogP contribution in [-0.4, -0.2) is 19.1 Å². The van der Waals surface area contributed by atoms with E-state index in [0.717, 1.165) is 6.42 Å². The van der Waals surface area contributed by atoms with E-state index in [-0.39, 0.29) is 0 Å². The summed E-state index contributed by atoms with van der Waals surface area (Å²) in [5.41, 5.74) is 0. The molecule has 0 aliphatic rings. The lowest BCUT2D eigenvalue weighted by atomic mass is 10.1. The molecule has 0 saturated heterocycles. The van der Waals surface area contributed by atoms with E-state index in [1.54, 1.807) is 7.85 Å². The maximum Gasteiger partial charge on any atom is 0.195 e. The Morgan fingerprint density at radius 1 is 1.86 bits per heavy atom. The Morgan fingerprint density at radius 3 is 2.57 bits per heavy atom. The average molecular weight is 95.9 g/mol. The fourth-order valence-electron chi connectivity index (χ4n) is 0.269. The largest absolute Gasteiger partial charge is 0.380 e. The van der Waals surface area contributed by atoms with Gasteiger partial charge in [0.05, 0.1) is 0 Å². The molecule has 0 aliphatic heterocycles. The fraction of sp³-hybridized carbons (Fsp3) is 0.600. The van der Waals surface area contributed by atoms with Crippen LogP contribution in [0.2, 0.25) is 0 Å². The second-order valence-electron chi connectivity index (χ2n) is 1.32. The van der Waals surface area contributed by atoms with Crippen molar-refractivity contribution in [3.63, 3.8) is 0 Å². The number of hydrogen-bond donors (Lipinski definition) is 1. The molecule has 0 unspecified atom stereocenters. The minimum Gasteiger partial charge on any atom is -0.380 e. The Kier molecular flexibility index (Phi) is 3.54. The predicted octanol–water partition coefficient (Wildman–Crippen LogP) is -0.649. The standard InChI is InChI=1S/C5H9BO/c1-2-5(7)3-4-6/h5,7H,2,6H2,1H3/t5-/m0/s1. The molecule has 0 rings (SSSR count). The van der Waals surface area contributed by atoms with Crippen molar-refractivity contribution in [3.8, 4) is 11.7 Å². The zero-order chi connectivity index (χ0) is 5.70. The van der Waals surface area contributed by atoms with Gasteiger partial charge in [-0.05, 0) is 6.42 Å². The third-order valence-corrected chi connectivity index (χ3v) is 0.698. The summed E-state index contributed by atoms with van der Waals surface area (Å²) in [7, 11) is 1.72. The highest BCUT2D eigenvalue weighted by molar-refractivity contribution is 6.22. The van der Waals surface area contributed by atoms with Crippen LogP contribution in [-0.2, 0) is 0 Å². The van der Waals surface area contributed by atoms with Crippen LogP contribution in [0.1, 0.15) is 13.3 Å². The second kappa shape index (κ2) is 3.76. The third kappa shape index (κ3) is 3.41. The summed E-state index contributed by atoms with van der Waals surface area (Å²) in [6.07, 6.45) is 0.311. The van der Waals surface area contributed by atoms with Crippen molar-refractivity contribution in [2.24, 2.45) is 0 Å². The van der Waals surface area contributed by atoms with Crippen molar-refractivity contribution in [2.45, 2.75) is 19.4 Å². The molecular weight excluding hydrogens is 86.9 g/mol. The van der Waals surface area contributed by atoms with Crippen LogP contribution < -0.4 is 0 Å². The van der Waals surface area contributed by atoms with Crippen molar-refractivity contribution in [2.75, 3.05) is 0 Å². The smallest absolute Gasteiger partial charge is 0.195 e. The molecule has 7 heavy (non-hydrogen) atoms. The van der Waals surface area contributed by atoms with Gasteiger partial charge in [-0.2, -0.15) is 5.82 Å². The summed E-state index contributed by atoms with van der Waals surface area (Å²) in [6.45, 7) is 1.90. The molecule has 0 amide bonds. The van der Waals surface area contributed by atoms with Gasteiger partial charge in [-0.3, -0.25) is 0 Å². The van der Waals surface area contributed by atoms with Crippen LogP contribution in [0.4, 0.5) is 0 Å². The first kappa shape index (κ1) is 6.58. The van der Waals surface area contributed by atoms with Crippen molar-refractivity contribution in [3.05, 3.63) is 0 Å². The average Bonchev–Trinajstić information content (AvgIpc) is 1.68. The van der Waals surface area contributed by atoms with Crippen LogP contribution in [0.3, 0.4) is 0 Å². The monoisotopic (exact) mass is 96.1 g/mol. The third-order valence-electron chi connectivity index (χ3n) is 0.698. The van der Waals surface area contributed by atoms with Crippen LogP contribution in [0.5, 0.6) is 0 Å². The van der Waals surface area contributed by atoms with Gasteiger partial charge in [0.2, 0.25) is 0 Å². The maximum atomic E-state index is 8.68. The van der Waals surface area contributed by atoms with E-state index >= 15 is 0 Å². The molecule has 1 N–H and O–H groups in total. The summed E-state index contributed by atoms with van der Waals surface area (Å²) in [5.74, 6) is 5.22. The molecule has 0 spiro atoms. The molecule has 0 aromatic rings. The van der Waals surface area contributed by atoms with Gasteiger partial charge in [-0.15, -0.1) is 0 Å². The van der Waals surface area contributed by atoms with E-state index < -0.39 is 6.10 Å². The van der Waals surface area contributed by atoms with Gasteiger partial charge in [-0.1, -0.05) is 12.8 Å². The summed E-state index contributed by atoms with van der Waals surface area (Å²) in [5, 5.41) is 8.68. The summed E-state index contributed by atoms with van der Waals surface area (Å²) >= 11 is 0. The Morgan fingerprint density at radius 2 is 2.43 bits per heavy atom. The van der Waals surface area contributed by atoms with E-state index in [4.69, 9.17) is 5.11 Å². The summed E-state index contributed by atoms with van der Waals surface area (Å²) in [6, 6.07) is 0. The molecule has 0 heterocycles. The molecule has 0 aromatic carbocycles. The zero-order valence-corrected chi connectivity index (χ0v) is 4.73. The van der Waals surface area contributed by atoms with Gasteiger partial charge in [0.15, 0.2) is 7.85 Å². The predicted molar refractivity (Wildman–Crippen MR) is 32.6 cm³/mol.